The summed E-state index contributed by atoms with van der Waals surface area (Å²) in [6.45, 7) is 1.69. The quantitative estimate of drug-likeness (QED) is 0.147. The largest absolute Gasteiger partial charge is 0.493 e. The molecule has 2 aromatic heterocycles. The molecule has 2 aliphatic heterocycles. The highest BCUT2D eigenvalue weighted by Gasteiger charge is 2.56. The molecule has 0 bridgehead atoms. The zero-order valence-corrected chi connectivity index (χ0v) is 29.5. The molecule has 0 saturated carbocycles. The number of amides is 2. The van der Waals surface area contributed by atoms with Crippen LogP contribution in [0.25, 0.3) is 0 Å². The number of rotatable bonds is 12. The first-order valence-corrected chi connectivity index (χ1v) is 18.0. The van der Waals surface area contributed by atoms with Gasteiger partial charge in [-0.05, 0) is 44.2 Å². The smallest absolute Gasteiger partial charge is 0.425 e. The van der Waals surface area contributed by atoms with Gasteiger partial charge in [0.1, 0.15) is 16.4 Å². The normalized spacial score (nSPS) is 20.6. The van der Waals surface area contributed by atoms with Gasteiger partial charge in [0.2, 0.25) is 5.60 Å². The van der Waals surface area contributed by atoms with Crippen molar-refractivity contribution in [3.63, 3.8) is 0 Å². The van der Waals surface area contributed by atoms with Crippen LogP contribution in [-0.4, -0.2) is 80.7 Å². The highest BCUT2D eigenvalue weighted by Crippen LogP contribution is 2.44. The Labute approximate surface area is 305 Å². The van der Waals surface area contributed by atoms with Gasteiger partial charge in [0.15, 0.2) is 0 Å². The second-order valence-electron chi connectivity index (χ2n) is 13.1. The molecule has 2 amide bonds. The molecule has 4 heterocycles. The third-order valence-electron chi connectivity index (χ3n) is 9.62. The van der Waals surface area contributed by atoms with E-state index in [4.69, 9.17) is 14.6 Å². The zero-order chi connectivity index (χ0) is 38.6. The Kier molecular flexibility index (Phi) is 12.0. The predicted octanol–water partition coefficient (Wildman–Crippen LogP) is 7.16. The van der Waals surface area contributed by atoms with E-state index in [0.29, 0.717) is 35.1 Å². The summed E-state index contributed by atoms with van der Waals surface area (Å²) in [7, 11) is 0. The van der Waals surface area contributed by atoms with Crippen molar-refractivity contribution in [2.24, 2.45) is 0 Å². The predicted molar refractivity (Wildman–Crippen MR) is 179 cm³/mol. The molecule has 2 saturated heterocycles. The van der Waals surface area contributed by atoms with E-state index in [-0.39, 0.29) is 76.9 Å². The van der Waals surface area contributed by atoms with Crippen LogP contribution in [0.1, 0.15) is 84.7 Å². The minimum absolute atomic E-state index is 0.00666. The molecule has 3 aromatic rings. The van der Waals surface area contributed by atoms with E-state index in [0.717, 1.165) is 28.7 Å². The van der Waals surface area contributed by atoms with Crippen LogP contribution < -0.4 is 9.47 Å². The van der Waals surface area contributed by atoms with Crippen molar-refractivity contribution in [1.82, 2.24) is 14.8 Å². The lowest BCUT2D eigenvalue weighted by Gasteiger charge is -2.51. The number of carboxylic acids is 1. The molecule has 2 atom stereocenters. The number of ether oxygens (including phenoxy) is 2. The fraction of sp³-hybridized carbons (Fsp3) is 0.500. The maximum Gasteiger partial charge on any atom is 0.425 e. The summed E-state index contributed by atoms with van der Waals surface area (Å²) >= 11 is 0.359. The van der Waals surface area contributed by atoms with Crippen molar-refractivity contribution in [2.75, 3.05) is 26.2 Å². The molecule has 5 rings (SSSR count). The summed E-state index contributed by atoms with van der Waals surface area (Å²) in [5, 5.41) is 21.9. The van der Waals surface area contributed by atoms with Gasteiger partial charge in [-0.3, -0.25) is 19.4 Å². The van der Waals surface area contributed by atoms with Crippen molar-refractivity contribution in [3.05, 3.63) is 75.7 Å². The lowest BCUT2D eigenvalue weighted by Crippen LogP contribution is -2.68. The summed E-state index contributed by atoms with van der Waals surface area (Å²) in [4.78, 5) is 45.1. The summed E-state index contributed by atoms with van der Waals surface area (Å²) in [6.07, 6.45) is -7.31. The van der Waals surface area contributed by atoms with Gasteiger partial charge in [-0.2, -0.15) is 26.3 Å². The van der Waals surface area contributed by atoms with Crippen LogP contribution in [0.15, 0.2) is 54.2 Å². The molecule has 2 fully saturated rings. The Hall–Kier alpha value is -4.38. The fourth-order valence-corrected chi connectivity index (χ4v) is 7.78. The van der Waals surface area contributed by atoms with Crippen LogP contribution in [0, 0.1) is 0 Å². The van der Waals surface area contributed by atoms with Crippen molar-refractivity contribution in [3.8, 4) is 11.5 Å². The molecule has 10 nitrogen and oxygen atoms in total. The monoisotopic (exact) mass is 771 g/mol. The number of aliphatic hydroxyl groups is 1. The maximum atomic E-state index is 14.8. The number of benzene rings is 1. The Morgan fingerprint density at radius 1 is 1.02 bits per heavy atom. The summed E-state index contributed by atoms with van der Waals surface area (Å²) in [6, 6.07) is 6.95. The Morgan fingerprint density at radius 2 is 1.74 bits per heavy atom. The molecule has 17 heteroatoms. The Morgan fingerprint density at radius 3 is 2.38 bits per heavy atom. The average Bonchev–Trinajstić information content (AvgIpc) is 3.60. The molecular weight excluding hydrogens is 732 g/mol. The zero-order valence-electron chi connectivity index (χ0n) is 28.7. The average molecular weight is 772 g/mol. The number of hydrogen-bond donors (Lipinski definition) is 2. The minimum atomic E-state index is -4.90. The minimum Gasteiger partial charge on any atom is -0.493 e. The first-order chi connectivity index (χ1) is 25.0. The maximum absolute atomic E-state index is 14.8. The van der Waals surface area contributed by atoms with E-state index in [1.165, 1.54) is 4.90 Å². The van der Waals surface area contributed by atoms with E-state index < -0.39 is 63.4 Å². The highest BCUT2D eigenvalue weighted by atomic mass is 32.1. The lowest BCUT2D eigenvalue weighted by atomic mass is 9.78. The first-order valence-electron chi connectivity index (χ1n) is 17.1. The topological polar surface area (TPSA) is 130 Å². The van der Waals surface area contributed by atoms with Gasteiger partial charge in [-0.1, -0.05) is 31.5 Å². The fourth-order valence-electron chi connectivity index (χ4n) is 7.10. The highest BCUT2D eigenvalue weighted by molar-refractivity contribution is 7.10. The third kappa shape index (κ3) is 8.72. The molecule has 2 aliphatic rings. The van der Waals surface area contributed by atoms with Crippen molar-refractivity contribution in [1.29, 1.82) is 0 Å². The second-order valence-corrected chi connectivity index (χ2v) is 14.0. The van der Waals surface area contributed by atoms with E-state index in [9.17, 15) is 45.8 Å². The Balaban J connectivity index is 1.48. The van der Waals surface area contributed by atoms with E-state index in [1.807, 2.05) is 0 Å². The number of alkyl halides is 6. The number of likely N-dealkylation sites (tertiary alicyclic amines) is 2. The third-order valence-corrected chi connectivity index (χ3v) is 10.6. The van der Waals surface area contributed by atoms with E-state index >= 15 is 0 Å². The lowest BCUT2D eigenvalue weighted by molar-refractivity contribution is -0.163. The summed E-state index contributed by atoms with van der Waals surface area (Å²) in [5.41, 5.74) is -4.98. The van der Waals surface area contributed by atoms with Crippen LogP contribution in [0.4, 0.5) is 26.3 Å². The molecule has 0 unspecified atom stereocenters. The molecular formula is C36H39F6N3O7S. The van der Waals surface area contributed by atoms with Gasteiger partial charge in [-0.25, -0.2) is 0 Å². The number of para-hydroxylation sites is 1. The SMILES string of the molecule is CCC[C@H]1N(C(=O)c2cnccc2C(F)(F)F)CCC[C@]1(Oc1csc(C(F)(F)F)c1)C(=O)N1CCC(O)(c2ccccc2OCCCC(=O)O)CC1. The number of carbonyl (C=O) groups excluding carboxylic acids is 2. The number of aliphatic carboxylic acids is 1. The van der Waals surface area contributed by atoms with Crippen LogP contribution >= 0.6 is 11.3 Å². The van der Waals surface area contributed by atoms with E-state index in [2.05, 4.69) is 4.98 Å². The number of nitrogens with zero attached hydrogens (tertiary/aromatic N) is 3. The van der Waals surface area contributed by atoms with Gasteiger partial charge in [0, 0.05) is 61.9 Å². The van der Waals surface area contributed by atoms with Gasteiger partial charge in [0.05, 0.1) is 29.4 Å². The number of pyridine rings is 1. The van der Waals surface area contributed by atoms with Crippen molar-refractivity contribution >= 4 is 29.1 Å². The van der Waals surface area contributed by atoms with Gasteiger partial charge >= 0.3 is 18.3 Å². The number of carbonyl (C=O) groups is 3. The molecule has 0 aliphatic carbocycles. The molecule has 2 N–H and O–H groups in total. The van der Waals surface area contributed by atoms with Crippen LogP contribution in [0.5, 0.6) is 11.5 Å². The van der Waals surface area contributed by atoms with Gasteiger partial charge < -0.3 is 29.5 Å². The number of halogens is 6. The number of aromatic nitrogens is 1. The Bertz CT molecular complexity index is 1780. The second kappa shape index (κ2) is 15.9. The van der Waals surface area contributed by atoms with Gasteiger partial charge in [-0.15, -0.1) is 11.3 Å². The molecule has 0 radical (unpaired) electrons. The van der Waals surface area contributed by atoms with Crippen LogP contribution in [0.3, 0.4) is 0 Å². The number of thiophene rings is 1. The van der Waals surface area contributed by atoms with Crippen LogP contribution in [0.2, 0.25) is 0 Å². The number of hydrogen-bond acceptors (Lipinski definition) is 8. The number of carboxylic acid groups (broad SMARTS) is 1. The van der Waals surface area contributed by atoms with E-state index in [1.54, 1.807) is 31.2 Å². The number of piperidine rings is 2. The van der Waals surface area contributed by atoms with Gasteiger partial charge in [0.25, 0.3) is 11.8 Å². The van der Waals surface area contributed by atoms with Crippen molar-refractivity contribution in [2.45, 2.75) is 87.9 Å². The molecule has 53 heavy (non-hydrogen) atoms. The standard InChI is InChI=1S/C36H39F6N3O7S/c1-2-7-28-34(52-23-20-29(53-22-23)36(40,41)42,12-6-16-45(28)31(48)24-21-43-15-11-25(24)35(37,38)39)32(49)44-17-13-33(50,14-18-44)26-8-3-4-9-27(26)51-19-5-10-30(46)47/h3-4,8-9,11,15,20-22,28,50H,2,5-7,10,12-14,16-19H2,1H3,(H,46,47)/t28-,34-/m1/s1. The molecule has 1 aromatic carbocycles. The molecule has 0 spiro atoms. The summed E-state index contributed by atoms with van der Waals surface area (Å²) < 4.78 is 95.1. The first kappa shape index (κ1) is 39.8. The van der Waals surface area contributed by atoms with Crippen molar-refractivity contribution < 1.29 is 60.4 Å². The molecule has 288 valence electrons. The van der Waals surface area contributed by atoms with Crippen LogP contribution in [-0.2, 0) is 27.5 Å². The summed E-state index contributed by atoms with van der Waals surface area (Å²) in [5.74, 6) is -2.62.